The van der Waals surface area contributed by atoms with Gasteiger partial charge < -0.3 is 20.3 Å². The molecule has 0 saturated carbocycles. The van der Waals surface area contributed by atoms with Gasteiger partial charge in [-0.1, -0.05) is 12.1 Å². The van der Waals surface area contributed by atoms with Crippen LogP contribution in [0.15, 0.2) is 36.4 Å². The number of carbonyl (C=O) groups excluding carboxylic acids is 3. The Balaban J connectivity index is 1.49. The van der Waals surface area contributed by atoms with Crippen molar-refractivity contribution in [2.45, 2.75) is 44.9 Å². The fourth-order valence-corrected chi connectivity index (χ4v) is 4.17. The van der Waals surface area contributed by atoms with E-state index in [4.69, 9.17) is 4.74 Å². The molecule has 1 fully saturated rings. The van der Waals surface area contributed by atoms with Crippen molar-refractivity contribution in [1.29, 1.82) is 0 Å². The topological polar surface area (TPSA) is 87.7 Å². The molecular formula is C23H24FN3O4. The second kappa shape index (κ2) is 8.37. The summed E-state index contributed by atoms with van der Waals surface area (Å²) in [6, 6.07) is 9.66. The third kappa shape index (κ3) is 4.23. The predicted octanol–water partition coefficient (Wildman–Crippen LogP) is 3.68. The van der Waals surface area contributed by atoms with Gasteiger partial charge in [-0.05, 0) is 60.7 Å². The highest BCUT2D eigenvalue weighted by Gasteiger charge is 2.34. The van der Waals surface area contributed by atoms with E-state index in [-0.39, 0.29) is 23.7 Å². The van der Waals surface area contributed by atoms with Crippen molar-refractivity contribution in [2.75, 3.05) is 12.4 Å². The molecule has 0 aromatic heterocycles. The molecule has 31 heavy (non-hydrogen) atoms. The van der Waals surface area contributed by atoms with Crippen LogP contribution in [0.2, 0.25) is 0 Å². The average Bonchev–Trinajstić information content (AvgIpc) is 3.35. The average molecular weight is 425 g/mol. The smallest absolute Gasteiger partial charge is 0.411 e. The quantitative estimate of drug-likeness (QED) is 0.782. The largest absolute Gasteiger partial charge is 0.425 e. The third-order valence-corrected chi connectivity index (χ3v) is 5.85. The van der Waals surface area contributed by atoms with Crippen LogP contribution in [0, 0.1) is 12.7 Å². The minimum Gasteiger partial charge on any atom is -0.425 e. The molecule has 2 atom stereocenters. The lowest BCUT2D eigenvalue weighted by Crippen LogP contribution is -2.37. The van der Waals surface area contributed by atoms with E-state index in [0.717, 1.165) is 11.1 Å². The number of hydrogen-bond donors (Lipinski definition) is 2. The molecule has 162 valence electrons. The van der Waals surface area contributed by atoms with E-state index in [9.17, 15) is 18.8 Å². The first-order valence-corrected chi connectivity index (χ1v) is 10.3. The van der Waals surface area contributed by atoms with Gasteiger partial charge in [0.25, 0.3) is 5.91 Å². The van der Waals surface area contributed by atoms with Gasteiger partial charge in [0.1, 0.15) is 5.82 Å². The summed E-state index contributed by atoms with van der Waals surface area (Å²) >= 11 is 0. The molecule has 1 saturated heterocycles. The van der Waals surface area contributed by atoms with Crippen LogP contribution in [-0.2, 0) is 16.0 Å². The van der Waals surface area contributed by atoms with Crippen molar-refractivity contribution in [1.82, 2.24) is 10.2 Å². The summed E-state index contributed by atoms with van der Waals surface area (Å²) in [5.74, 6) is -0.727. The van der Waals surface area contributed by atoms with Crippen molar-refractivity contribution >= 4 is 23.6 Å². The molecule has 8 heteroatoms. The van der Waals surface area contributed by atoms with E-state index >= 15 is 0 Å². The first-order valence-electron chi connectivity index (χ1n) is 10.3. The van der Waals surface area contributed by atoms with E-state index < -0.39 is 12.3 Å². The van der Waals surface area contributed by atoms with Crippen molar-refractivity contribution in [3.63, 3.8) is 0 Å². The van der Waals surface area contributed by atoms with Gasteiger partial charge in [-0.15, -0.1) is 0 Å². The molecule has 4 rings (SSSR count). The van der Waals surface area contributed by atoms with Crippen LogP contribution in [0.4, 0.5) is 14.9 Å². The molecule has 2 aromatic rings. The van der Waals surface area contributed by atoms with E-state index in [1.165, 1.54) is 17.0 Å². The Morgan fingerprint density at radius 2 is 2.00 bits per heavy atom. The van der Waals surface area contributed by atoms with Crippen LogP contribution in [0.1, 0.15) is 52.4 Å². The Hall–Kier alpha value is -3.42. The second-order valence-corrected chi connectivity index (χ2v) is 7.94. The summed E-state index contributed by atoms with van der Waals surface area (Å²) in [6.07, 6.45) is 1.01. The van der Waals surface area contributed by atoms with Gasteiger partial charge in [0.15, 0.2) is 6.23 Å². The number of ether oxygens (including phenoxy) is 1. The summed E-state index contributed by atoms with van der Waals surface area (Å²) in [5.41, 5.74) is 3.30. The number of benzene rings is 2. The van der Waals surface area contributed by atoms with Crippen molar-refractivity contribution < 1.29 is 23.5 Å². The number of halogens is 1. The molecule has 2 aliphatic rings. The van der Waals surface area contributed by atoms with Gasteiger partial charge in [0, 0.05) is 31.1 Å². The summed E-state index contributed by atoms with van der Waals surface area (Å²) in [7, 11) is 1.66. The van der Waals surface area contributed by atoms with E-state index in [1.54, 1.807) is 32.2 Å². The molecular weight excluding hydrogens is 401 g/mol. The number of aryl methyl sites for hydroxylation is 1. The Bertz CT molecular complexity index is 1060. The summed E-state index contributed by atoms with van der Waals surface area (Å²) in [6.45, 7) is 1.64. The molecule has 0 unspecified atom stereocenters. The zero-order valence-corrected chi connectivity index (χ0v) is 17.4. The van der Waals surface area contributed by atoms with Crippen LogP contribution in [-0.4, -0.2) is 36.1 Å². The number of anilines is 1. The maximum absolute atomic E-state index is 13.5. The fourth-order valence-electron chi connectivity index (χ4n) is 4.17. The summed E-state index contributed by atoms with van der Waals surface area (Å²) in [5, 5.41) is 5.44. The Kier molecular flexibility index (Phi) is 5.63. The molecule has 1 aliphatic heterocycles. The number of fused-ring (bicyclic) bond motifs is 1. The number of rotatable bonds is 4. The Morgan fingerprint density at radius 3 is 2.71 bits per heavy atom. The highest BCUT2D eigenvalue weighted by atomic mass is 19.1. The molecule has 2 aromatic carbocycles. The lowest BCUT2D eigenvalue weighted by Gasteiger charge is -2.26. The Labute approximate surface area is 179 Å². The van der Waals surface area contributed by atoms with Crippen molar-refractivity contribution in [3.8, 4) is 0 Å². The molecule has 0 radical (unpaired) electrons. The van der Waals surface area contributed by atoms with E-state index in [2.05, 4.69) is 10.6 Å². The molecule has 3 amide bonds. The lowest BCUT2D eigenvalue weighted by molar-refractivity contribution is -0.120. The van der Waals surface area contributed by atoms with Crippen molar-refractivity contribution in [2.24, 2.45) is 0 Å². The predicted molar refractivity (Wildman–Crippen MR) is 112 cm³/mol. The van der Waals surface area contributed by atoms with Gasteiger partial charge in [0.2, 0.25) is 5.91 Å². The Morgan fingerprint density at radius 1 is 1.19 bits per heavy atom. The fraction of sp³-hybridized carbons (Fsp3) is 0.348. The monoisotopic (exact) mass is 425 g/mol. The second-order valence-electron chi connectivity index (χ2n) is 7.94. The van der Waals surface area contributed by atoms with Gasteiger partial charge in [-0.2, -0.15) is 0 Å². The maximum Gasteiger partial charge on any atom is 0.411 e. The summed E-state index contributed by atoms with van der Waals surface area (Å²) in [4.78, 5) is 38.3. The van der Waals surface area contributed by atoms with E-state index in [1.807, 2.05) is 6.07 Å². The van der Waals surface area contributed by atoms with Crippen LogP contribution in [0.3, 0.4) is 0 Å². The highest BCUT2D eigenvalue weighted by molar-refractivity contribution is 6.05. The normalized spacial score (nSPS) is 19.5. The van der Waals surface area contributed by atoms with Gasteiger partial charge >= 0.3 is 6.09 Å². The van der Waals surface area contributed by atoms with Crippen LogP contribution in [0.25, 0.3) is 0 Å². The first kappa shape index (κ1) is 20.8. The van der Waals surface area contributed by atoms with Gasteiger partial charge in [0.05, 0.1) is 6.04 Å². The molecule has 1 heterocycles. The minimum absolute atomic E-state index is 0.126. The minimum atomic E-state index is -0.598. The van der Waals surface area contributed by atoms with E-state index in [0.29, 0.717) is 42.5 Å². The molecule has 0 bridgehead atoms. The van der Waals surface area contributed by atoms with Crippen LogP contribution >= 0.6 is 0 Å². The van der Waals surface area contributed by atoms with Crippen molar-refractivity contribution in [3.05, 3.63) is 64.5 Å². The number of carbonyl (C=O) groups is 3. The molecule has 7 nitrogen and oxygen atoms in total. The third-order valence-electron chi connectivity index (χ3n) is 5.85. The molecule has 1 aliphatic carbocycles. The van der Waals surface area contributed by atoms with Crippen LogP contribution in [0.5, 0.6) is 0 Å². The standard InChI is InChI=1S/C23H24FN3O4/c1-13-12-14(6-8-18(13)24)25-22(29)17-5-3-4-16-15(17)7-9-19(16)27(2)23(30)31-21-11-10-20(28)26-21/h3-6,8,12,19,21H,7,9-11H2,1-2H3,(H,25,29)(H,26,28)/t19-,21-/m0/s1. The number of hydrogen-bond acceptors (Lipinski definition) is 4. The number of amides is 3. The zero-order valence-electron chi connectivity index (χ0n) is 17.4. The van der Waals surface area contributed by atoms with Gasteiger partial charge in [-0.3, -0.25) is 9.59 Å². The number of nitrogens with one attached hydrogen (secondary N) is 2. The highest BCUT2D eigenvalue weighted by Crippen LogP contribution is 2.37. The van der Waals surface area contributed by atoms with Gasteiger partial charge in [-0.25, -0.2) is 9.18 Å². The first-order chi connectivity index (χ1) is 14.8. The maximum atomic E-state index is 13.5. The molecule has 0 spiro atoms. The number of nitrogens with zero attached hydrogens (tertiary/aromatic N) is 1. The lowest BCUT2D eigenvalue weighted by atomic mass is 10.0. The zero-order chi connectivity index (χ0) is 22.1. The van der Waals surface area contributed by atoms with Crippen LogP contribution < -0.4 is 10.6 Å². The SMILES string of the molecule is Cc1cc(NC(=O)c2cccc3c2CC[C@@H]3N(C)C(=O)O[C@H]2CCC(=O)N2)ccc1F. The summed E-state index contributed by atoms with van der Waals surface area (Å²) < 4.78 is 18.9. The molecule has 2 N–H and O–H groups in total.